The second-order valence-corrected chi connectivity index (χ2v) is 1.87. The highest BCUT2D eigenvalue weighted by atomic mass is 35.5. The van der Waals surface area contributed by atoms with Crippen molar-refractivity contribution in [1.82, 2.24) is 0 Å². The molecule has 0 fully saturated rings. The van der Waals surface area contributed by atoms with Crippen LogP contribution in [0.3, 0.4) is 0 Å². The number of rotatable bonds is 4. The predicted octanol–water partition coefficient (Wildman–Crippen LogP) is 1.52. The van der Waals surface area contributed by atoms with E-state index in [-0.39, 0.29) is 0 Å². The Kier molecular flexibility index (Phi) is 6.98. The summed E-state index contributed by atoms with van der Waals surface area (Å²) in [5, 5.41) is 0. The fourth-order valence-electron chi connectivity index (χ4n) is 0.417. The second kappa shape index (κ2) is 6.99. The summed E-state index contributed by atoms with van der Waals surface area (Å²) in [4.78, 5) is 0. The normalized spacial score (nSPS) is 10.8. The Bertz CT molecular complexity index is 61.5. The number of hydrogen-bond donors (Lipinski definition) is 1. The Balaban J connectivity index is 2.80. The van der Waals surface area contributed by atoms with Gasteiger partial charge in [0.25, 0.3) is 0 Å². The number of alkyl halides is 1. The summed E-state index contributed by atoms with van der Waals surface area (Å²) >= 11 is 5.36. The van der Waals surface area contributed by atoms with Gasteiger partial charge in [-0.05, 0) is 19.4 Å². The molecule has 2 heteroatoms. The van der Waals surface area contributed by atoms with Crippen LogP contribution in [0, 0.1) is 0 Å². The zero-order valence-corrected chi connectivity index (χ0v) is 5.69. The fourth-order valence-corrected chi connectivity index (χ4v) is 0.543. The molecule has 0 saturated carbocycles. The van der Waals surface area contributed by atoms with Crippen LogP contribution in [0.5, 0.6) is 0 Å². The van der Waals surface area contributed by atoms with Crippen molar-refractivity contribution in [2.45, 2.75) is 12.8 Å². The third-order valence-electron chi connectivity index (χ3n) is 0.831. The number of hydrogen-bond acceptors (Lipinski definition) is 1. The minimum Gasteiger partial charge on any atom is -0.330 e. The molecule has 0 heterocycles. The van der Waals surface area contributed by atoms with E-state index in [1.54, 1.807) is 0 Å². The molecule has 8 heavy (non-hydrogen) atoms. The van der Waals surface area contributed by atoms with E-state index in [0.717, 1.165) is 19.4 Å². The largest absolute Gasteiger partial charge is 0.330 e. The van der Waals surface area contributed by atoms with E-state index in [0.29, 0.717) is 5.88 Å². The lowest BCUT2D eigenvalue weighted by Gasteiger charge is -1.85. The number of unbranched alkanes of at least 4 members (excludes halogenated alkanes) is 1. The lowest BCUT2D eigenvalue weighted by Crippen LogP contribution is -1.96. The maximum Gasteiger partial charge on any atom is 0.0404 e. The molecule has 48 valence electrons. The molecule has 0 aromatic carbocycles. The molecular formula is C6H12ClN. The van der Waals surface area contributed by atoms with Crippen molar-refractivity contribution >= 4 is 11.6 Å². The summed E-state index contributed by atoms with van der Waals surface area (Å²) in [5.74, 6) is 0.616. The average Bonchev–Trinajstić information content (AvgIpc) is 1.81. The van der Waals surface area contributed by atoms with Crippen LogP contribution in [-0.2, 0) is 0 Å². The lowest BCUT2D eigenvalue weighted by atomic mass is 10.3. The van der Waals surface area contributed by atoms with Crippen LogP contribution in [0.4, 0.5) is 0 Å². The van der Waals surface area contributed by atoms with Gasteiger partial charge in [-0.25, -0.2) is 0 Å². The summed E-state index contributed by atoms with van der Waals surface area (Å²) in [6, 6.07) is 0. The first kappa shape index (κ1) is 7.99. The molecule has 0 aromatic heterocycles. The highest BCUT2D eigenvalue weighted by molar-refractivity contribution is 6.18. The van der Waals surface area contributed by atoms with Crippen molar-refractivity contribution < 1.29 is 0 Å². The molecule has 0 saturated heterocycles. The third-order valence-corrected chi connectivity index (χ3v) is 1.01. The highest BCUT2D eigenvalue weighted by Gasteiger charge is 1.75. The summed E-state index contributed by atoms with van der Waals surface area (Å²) < 4.78 is 0. The van der Waals surface area contributed by atoms with E-state index < -0.39 is 0 Å². The van der Waals surface area contributed by atoms with Crippen LogP contribution in [0.15, 0.2) is 12.2 Å². The van der Waals surface area contributed by atoms with Gasteiger partial charge < -0.3 is 5.73 Å². The molecule has 0 rings (SSSR count). The van der Waals surface area contributed by atoms with Gasteiger partial charge in [0.1, 0.15) is 0 Å². The molecule has 0 spiro atoms. The van der Waals surface area contributed by atoms with Crippen LogP contribution < -0.4 is 5.73 Å². The Morgan fingerprint density at radius 2 is 2.12 bits per heavy atom. The number of nitrogens with two attached hydrogens (primary N) is 1. The Morgan fingerprint density at radius 1 is 1.38 bits per heavy atom. The topological polar surface area (TPSA) is 26.0 Å². The van der Waals surface area contributed by atoms with E-state index in [1.807, 2.05) is 6.08 Å². The minimum absolute atomic E-state index is 0.616. The van der Waals surface area contributed by atoms with Gasteiger partial charge in [-0.2, -0.15) is 0 Å². The molecule has 0 unspecified atom stereocenters. The van der Waals surface area contributed by atoms with Crippen LogP contribution in [0.1, 0.15) is 12.8 Å². The first-order chi connectivity index (χ1) is 3.91. The van der Waals surface area contributed by atoms with E-state index in [9.17, 15) is 0 Å². The number of halogens is 1. The quantitative estimate of drug-likeness (QED) is 0.351. The van der Waals surface area contributed by atoms with Gasteiger partial charge in [-0.1, -0.05) is 12.2 Å². The molecule has 0 aromatic rings. The molecular weight excluding hydrogens is 122 g/mol. The molecule has 0 aliphatic carbocycles. The highest BCUT2D eigenvalue weighted by Crippen LogP contribution is 1.88. The molecule has 0 atom stereocenters. The van der Waals surface area contributed by atoms with Gasteiger partial charge in [0.2, 0.25) is 0 Å². The molecule has 0 aliphatic rings. The number of allylic oxidation sites excluding steroid dienone is 2. The van der Waals surface area contributed by atoms with Gasteiger partial charge in [0.05, 0.1) is 0 Å². The van der Waals surface area contributed by atoms with Crippen molar-refractivity contribution in [1.29, 1.82) is 0 Å². The van der Waals surface area contributed by atoms with Gasteiger partial charge >= 0.3 is 0 Å². The van der Waals surface area contributed by atoms with Crippen LogP contribution in [-0.4, -0.2) is 12.4 Å². The maximum atomic E-state index is 5.36. The molecule has 0 bridgehead atoms. The fraction of sp³-hybridized carbons (Fsp3) is 0.667. The van der Waals surface area contributed by atoms with Gasteiger partial charge in [-0.3, -0.25) is 0 Å². The first-order valence-corrected chi connectivity index (χ1v) is 3.36. The molecule has 2 N–H and O–H groups in total. The Morgan fingerprint density at radius 3 is 2.62 bits per heavy atom. The van der Waals surface area contributed by atoms with Gasteiger partial charge in [0, 0.05) is 5.88 Å². The second-order valence-electron chi connectivity index (χ2n) is 1.56. The predicted molar refractivity (Wildman–Crippen MR) is 38.1 cm³/mol. The molecule has 1 nitrogen and oxygen atoms in total. The van der Waals surface area contributed by atoms with Crippen molar-refractivity contribution in [2.75, 3.05) is 12.4 Å². The van der Waals surface area contributed by atoms with Crippen molar-refractivity contribution in [3.8, 4) is 0 Å². The monoisotopic (exact) mass is 133 g/mol. The van der Waals surface area contributed by atoms with E-state index in [2.05, 4.69) is 6.08 Å². The maximum absolute atomic E-state index is 5.36. The standard InChI is InChI=1S/C6H12ClN/c7-5-3-1-2-4-6-8/h1,3H,2,4-6,8H2/b3-1+. The smallest absolute Gasteiger partial charge is 0.0404 e. The van der Waals surface area contributed by atoms with E-state index >= 15 is 0 Å². The van der Waals surface area contributed by atoms with Crippen molar-refractivity contribution in [2.24, 2.45) is 5.73 Å². The minimum atomic E-state index is 0.616. The summed E-state index contributed by atoms with van der Waals surface area (Å²) in [6.45, 7) is 0.770. The molecule has 0 amide bonds. The molecule has 0 radical (unpaired) electrons. The van der Waals surface area contributed by atoms with Crippen LogP contribution in [0.25, 0.3) is 0 Å². The van der Waals surface area contributed by atoms with Crippen LogP contribution in [0.2, 0.25) is 0 Å². The lowest BCUT2D eigenvalue weighted by molar-refractivity contribution is 0.854. The van der Waals surface area contributed by atoms with E-state index in [1.165, 1.54) is 0 Å². The van der Waals surface area contributed by atoms with Crippen molar-refractivity contribution in [3.63, 3.8) is 0 Å². The van der Waals surface area contributed by atoms with E-state index in [4.69, 9.17) is 17.3 Å². The van der Waals surface area contributed by atoms with Crippen LogP contribution >= 0.6 is 11.6 Å². The Labute approximate surface area is 55.5 Å². The molecule has 0 aliphatic heterocycles. The zero-order chi connectivity index (χ0) is 6.24. The SMILES string of the molecule is NCCC/C=C/CCl. The summed E-state index contributed by atoms with van der Waals surface area (Å²) in [7, 11) is 0. The third kappa shape index (κ3) is 5.99. The average molecular weight is 134 g/mol. The van der Waals surface area contributed by atoms with Crippen molar-refractivity contribution in [3.05, 3.63) is 12.2 Å². The van der Waals surface area contributed by atoms with Gasteiger partial charge in [-0.15, -0.1) is 11.6 Å². The van der Waals surface area contributed by atoms with Gasteiger partial charge in [0.15, 0.2) is 0 Å². The summed E-state index contributed by atoms with van der Waals surface area (Å²) in [5.41, 5.74) is 5.24. The Hall–Kier alpha value is -0.0100. The first-order valence-electron chi connectivity index (χ1n) is 2.83. The summed E-state index contributed by atoms with van der Waals surface area (Å²) in [6.07, 6.45) is 6.12. The zero-order valence-electron chi connectivity index (χ0n) is 4.94.